The fourth-order valence-electron chi connectivity index (χ4n) is 9.88. The SMILES string of the molecule is CCCCCCC1=CN([C@H](C(=O)N[C@@H](CCCCN(CC)CC)C(=O)NCC(=O)NC/C=C/c2c3c(nc4cc5c(cc24)OCO5)-c2cc4c(c(=O)n2C3)COC(=O)[C@]4(O)CC)C(C)C)C(S(C)(=O)=O)N=C1. The van der Waals surface area contributed by atoms with Crippen LogP contribution in [0.5, 0.6) is 11.5 Å². The van der Waals surface area contributed by atoms with Crippen molar-refractivity contribution in [3.05, 3.63) is 68.7 Å². The summed E-state index contributed by atoms with van der Waals surface area (Å²) in [6.45, 7) is 13.7. The first-order valence-corrected chi connectivity index (χ1v) is 27.3. The molecule has 72 heavy (non-hydrogen) atoms. The number of hydrogen-bond donors (Lipinski definition) is 4. The summed E-state index contributed by atoms with van der Waals surface area (Å²) in [7, 11) is -3.77. The number of aromatic nitrogens is 2. The van der Waals surface area contributed by atoms with E-state index in [9.17, 15) is 37.5 Å². The number of nitrogens with one attached hydrogen (secondary N) is 3. The van der Waals surface area contributed by atoms with E-state index in [2.05, 4.69) is 46.6 Å². The van der Waals surface area contributed by atoms with Crippen LogP contribution in [0.2, 0.25) is 0 Å². The lowest BCUT2D eigenvalue weighted by atomic mass is 9.86. The third-order valence-electron chi connectivity index (χ3n) is 14.0. The Bertz CT molecular complexity index is 2820. The zero-order valence-corrected chi connectivity index (χ0v) is 43.4. The maximum Gasteiger partial charge on any atom is 0.343 e. The molecule has 1 aromatic carbocycles. The van der Waals surface area contributed by atoms with Gasteiger partial charge in [0, 0.05) is 47.8 Å². The number of sulfone groups is 1. The van der Waals surface area contributed by atoms with E-state index in [-0.39, 0.29) is 62.9 Å². The number of aliphatic imine (C=N–C) groups is 1. The van der Waals surface area contributed by atoms with Crippen LogP contribution in [0.3, 0.4) is 0 Å². The van der Waals surface area contributed by atoms with E-state index in [1.807, 2.05) is 26.0 Å². The lowest BCUT2D eigenvalue weighted by Crippen LogP contribution is -2.57. The minimum absolute atomic E-state index is 0.00215. The summed E-state index contributed by atoms with van der Waals surface area (Å²) in [5.41, 5.74) is 0.381. The van der Waals surface area contributed by atoms with E-state index in [1.165, 1.54) is 4.90 Å². The molecule has 390 valence electrons. The number of hydrogen-bond acceptors (Lipinski definition) is 15. The van der Waals surface area contributed by atoms with Crippen molar-refractivity contribution in [2.24, 2.45) is 10.9 Å². The number of amides is 3. The van der Waals surface area contributed by atoms with Gasteiger partial charge in [-0.2, -0.15) is 0 Å². The Labute approximate surface area is 421 Å². The van der Waals surface area contributed by atoms with Crippen molar-refractivity contribution < 1.29 is 46.9 Å². The molecule has 20 heteroatoms. The number of benzene rings is 1. The fourth-order valence-corrected chi connectivity index (χ4v) is 10.8. The van der Waals surface area contributed by atoms with Gasteiger partial charge in [-0.25, -0.2) is 18.2 Å². The van der Waals surface area contributed by atoms with Crippen LogP contribution in [0.1, 0.15) is 122 Å². The van der Waals surface area contributed by atoms with Crippen LogP contribution in [0.25, 0.3) is 28.4 Å². The molecule has 4 N–H and O–H groups in total. The number of aliphatic hydroxyl groups is 1. The number of carbonyl (C=O) groups excluding carboxylic acids is 4. The maximum atomic E-state index is 14.4. The second-order valence-corrected chi connectivity index (χ2v) is 21.4. The molecule has 3 aromatic rings. The van der Waals surface area contributed by atoms with Crippen molar-refractivity contribution >= 4 is 56.7 Å². The molecule has 7 rings (SSSR count). The summed E-state index contributed by atoms with van der Waals surface area (Å²) in [5, 5.41) is 20.6. The van der Waals surface area contributed by atoms with Crippen molar-refractivity contribution in [1.82, 2.24) is 35.3 Å². The van der Waals surface area contributed by atoms with Gasteiger partial charge in [0.05, 0.1) is 35.6 Å². The highest BCUT2D eigenvalue weighted by molar-refractivity contribution is 7.91. The molecule has 3 amide bonds. The third-order valence-corrected chi connectivity index (χ3v) is 15.1. The van der Waals surface area contributed by atoms with Gasteiger partial charge in [0.15, 0.2) is 26.9 Å². The minimum atomic E-state index is -3.77. The van der Waals surface area contributed by atoms with Crippen molar-refractivity contribution in [3.8, 4) is 22.9 Å². The lowest BCUT2D eigenvalue weighted by Gasteiger charge is -2.38. The third kappa shape index (κ3) is 11.5. The first-order chi connectivity index (χ1) is 34.4. The number of esters is 1. The van der Waals surface area contributed by atoms with Gasteiger partial charge in [-0.3, -0.25) is 24.2 Å². The monoisotopic (exact) mass is 1010 g/mol. The Morgan fingerprint density at radius 3 is 2.40 bits per heavy atom. The predicted octanol–water partition coefficient (Wildman–Crippen LogP) is 4.64. The molecule has 2 aromatic heterocycles. The molecule has 0 aliphatic carbocycles. The second kappa shape index (κ2) is 23.2. The molecule has 1 unspecified atom stereocenters. The average molecular weight is 1020 g/mol. The number of fused-ring (bicyclic) bond motifs is 6. The first kappa shape index (κ1) is 53.7. The predicted molar refractivity (Wildman–Crippen MR) is 274 cm³/mol. The quantitative estimate of drug-likeness (QED) is 0.0553. The number of carbonyl (C=O) groups is 4. The molecule has 0 saturated heterocycles. The molecule has 0 fully saturated rings. The number of allylic oxidation sites excluding steroid dienone is 1. The molecule has 19 nitrogen and oxygen atoms in total. The number of rotatable bonds is 24. The molecule has 4 aliphatic rings. The van der Waals surface area contributed by atoms with E-state index in [1.54, 1.807) is 42.1 Å². The zero-order valence-electron chi connectivity index (χ0n) is 42.5. The van der Waals surface area contributed by atoms with E-state index in [0.717, 1.165) is 63.6 Å². The van der Waals surface area contributed by atoms with E-state index >= 15 is 0 Å². The van der Waals surface area contributed by atoms with Gasteiger partial charge in [-0.1, -0.05) is 73.0 Å². The van der Waals surface area contributed by atoms with Gasteiger partial charge in [0.2, 0.25) is 30.0 Å². The summed E-state index contributed by atoms with van der Waals surface area (Å²) in [5.74, 6) is -1.72. The van der Waals surface area contributed by atoms with Gasteiger partial charge in [0.1, 0.15) is 18.7 Å². The summed E-state index contributed by atoms with van der Waals surface area (Å²) in [6, 6.07) is 3.21. The van der Waals surface area contributed by atoms with Crippen LogP contribution in [0, 0.1) is 5.92 Å². The highest BCUT2D eigenvalue weighted by atomic mass is 32.2. The Morgan fingerprint density at radius 1 is 0.958 bits per heavy atom. The van der Waals surface area contributed by atoms with Crippen molar-refractivity contribution in [3.63, 3.8) is 0 Å². The van der Waals surface area contributed by atoms with Gasteiger partial charge in [-0.05, 0) is 87.3 Å². The van der Waals surface area contributed by atoms with Crippen molar-refractivity contribution in [1.29, 1.82) is 0 Å². The topological polar surface area (TPSA) is 240 Å². The first-order valence-electron chi connectivity index (χ1n) is 25.3. The molecule has 0 saturated carbocycles. The second-order valence-electron chi connectivity index (χ2n) is 19.3. The highest BCUT2D eigenvalue weighted by Crippen LogP contribution is 2.43. The van der Waals surface area contributed by atoms with Gasteiger partial charge >= 0.3 is 5.97 Å². The van der Waals surface area contributed by atoms with E-state index in [4.69, 9.17) is 19.2 Å². The minimum Gasteiger partial charge on any atom is -0.458 e. The van der Waals surface area contributed by atoms with Crippen LogP contribution in [-0.2, 0) is 52.5 Å². The summed E-state index contributed by atoms with van der Waals surface area (Å²) in [4.78, 5) is 81.6. The van der Waals surface area contributed by atoms with Crippen LogP contribution < -0.4 is 31.0 Å². The maximum absolute atomic E-state index is 14.4. The molecular weight excluding hydrogens is 945 g/mol. The number of unbranched alkanes of at least 4 members (excludes halogenated alkanes) is 4. The molecule has 6 heterocycles. The van der Waals surface area contributed by atoms with Crippen molar-refractivity contribution in [2.45, 2.75) is 136 Å². The summed E-state index contributed by atoms with van der Waals surface area (Å²) in [6.07, 6.45) is 14.4. The van der Waals surface area contributed by atoms with Crippen LogP contribution in [0.15, 0.2) is 45.8 Å². The van der Waals surface area contributed by atoms with E-state index < -0.39 is 62.3 Å². The van der Waals surface area contributed by atoms with Gasteiger partial charge < -0.3 is 49.6 Å². The molecule has 4 aliphatic heterocycles. The van der Waals surface area contributed by atoms with Crippen LogP contribution in [-0.4, -0.2) is 126 Å². The van der Waals surface area contributed by atoms with E-state index in [0.29, 0.717) is 57.8 Å². The number of pyridine rings is 2. The molecule has 4 atom stereocenters. The number of nitrogens with zero attached hydrogens (tertiary/aromatic N) is 5. The standard InChI is InChI=1S/C52H70N8O11S/c1-8-12-13-14-18-33-26-55-51(72(7,67)68)60(28-33)46(32(5)6)48(63)57-39(20-15-16-22-58(10-3)11-4)47(62)54-27-44(61)53-21-17-19-34-35-23-42-43(71-31-70-42)25-40(35)56-45-36(34)29-59-41(45)24-38-37(49(59)64)30-69-50(65)52(38,66)9-2/h17,19,23-26,28,32,39,46,51,66H,8-16,18,20-22,27,29-31H2,1-7H3,(H,53,61)(H,54,62)(H,57,63)/b19-17+/t39-,46-,51?,52-/m0/s1. The van der Waals surface area contributed by atoms with Crippen molar-refractivity contribution in [2.75, 3.05) is 45.8 Å². The molecule has 0 radical (unpaired) electrons. The highest BCUT2D eigenvalue weighted by Gasteiger charge is 2.46. The smallest absolute Gasteiger partial charge is 0.343 e. The zero-order chi connectivity index (χ0) is 51.9. The van der Waals surface area contributed by atoms with Gasteiger partial charge in [-0.15, -0.1) is 0 Å². The Hall–Kier alpha value is -6.12. The molecule has 0 bridgehead atoms. The van der Waals surface area contributed by atoms with Gasteiger partial charge in [0.25, 0.3) is 5.56 Å². The molecular formula is C52H70N8O11S. The number of cyclic esters (lactones) is 1. The number of ether oxygens (including phenoxy) is 3. The Balaban J connectivity index is 1.07. The summed E-state index contributed by atoms with van der Waals surface area (Å²) >= 11 is 0. The normalized spacial score (nSPS) is 18.8. The lowest BCUT2D eigenvalue weighted by molar-refractivity contribution is -0.172. The largest absolute Gasteiger partial charge is 0.458 e. The Kier molecular flexibility index (Phi) is 17.3. The average Bonchev–Trinajstić information content (AvgIpc) is 3.97. The fraction of sp³-hybridized carbons (Fsp3) is 0.558. The Morgan fingerprint density at radius 2 is 1.71 bits per heavy atom. The van der Waals surface area contributed by atoms with Crippen LogP contribution in [0.4, 0.5) is 0 Å². The summed E-state index contributed by atoms with van der Waals surface area (Å²) < 4.78 is 44.3. The van der Waals surface area contributed by atoms with Crippen LogP contribution >= 0.6 is 0 Å². The molecule has 0 spiro atoms.